The van der Waals surface area contributed by atoms with E-state index in [1.165, 1.54) is 0 Å². The third-order valence-corrected chi connectivity index (χ3v) is 3.36. The topological polar surface area (TPSA) is 53.4 Å². The molecule has 0 amide bonds. The van der Waals surface area contributed by atoms with Gasteiger partial charge in [-0.25, -0.2) is 4.98 Å². The van der Waals surface area contributed by atoms with Gasteiger partial charge < -0.3 is 10.0 Å². The van der Waals surface area contributed by atoms with Crippen LogP contribution in [-0.2, 0) is 11.2 Å². The van der Waals surface area contributed by atoms with Gasteiger partial charge in [-0.15, -0.1) is 17.9 Å². The Morgan fingerprint density at radius 1 is 1.42 bits per heavy atom. The predicted molar refractivity (Wildman–Crippen MR) is 77.1 cm³/mol. The van der Waals surface area contributed by atoms with E-state index in [-0.39, 0.29) is 6.42 Å². The number of carboxylic acid groups (broad SMARTS) is 1. The van der Waals surface area contributed by atoms with Crippen molar-refractivity contribution in [1.29, 1.82) is 0 Å². The van der Waals surface area contributed by atoms with Crippen molar-refractivity contribution in [3.8, 4) is 0 Å². The Balaban J connectivity index is 2.22. The van der Waals surface area contributed by atoms with E-state index in [1.807, 2.05) is 40.6 Å². The summed E-state index contributed by atoms with van der Waals surface area (Å²) in [6.07, 6.45) is 3.61. The molecule has 1 aromatic heterocycles. The lowest BCUT2D eigenvalue weighted by Crippen LogP contribution is -2.16. The van der Waals surface area contributed by atoms with Crippen molar-refractivity contribution >= 4 is 28.1 Å². The first-order valence-electron chi connectivity index (χ1n) is 5.79. The number of aromatic nitrogens is 1. The van der Waals surface area contributed by atoms with Crippen LogP contribution in [0.25, 0.3) is 0 Å². The summed E-state index contributed by atoms with van der Waals surface area (Å²) in [5.74, 6) is -0.823. The number of thiazole rings is 1. The Kier molecular flexibility index (Phi) is 4.30. The molecule has 0 saturated carbocycles. The fraction of sp³-hybridized carbons (Fsp3) is 0.143. The molecule has 0 atom stereocenters. The van der Waals surface area contributed by atoms with Crippen LogP contribution in [0.1, 0.15) is 5.56 Å². The number of carboxylic acids is 1. The molecule has 5 heteroatoms. The number of benzene rings is 1. The fourth-order valence-corrected chi connectivity index (χ4v) is 2.41. The minimum atomic E-state index is -0.823. The van der Waals surface area contributed by atoms with Crippen LogP contribution in [0.2, 0.25) is 0 Å². The van der Waals surface area contributed by atoms with Crippen molar-refractivity contribution in [2.45, 2.75) is 6.42 Å². The van der Waals surface area contributed by atoms with E-state index < -0.39 is 5.97 Å². The Morgan fingerprint density at radius 2 is 2.16 bits per heavy atom. The average Bonchev–Trinajstić information content (AvgIpc) is 2.90. The van der Waals surface area contributed by atoms with Crippen molar-refractivity contribution in [3.63, 3.8) is 0 Å². The average molecular weight is 274 g/mol. The Bertz CT molecular complexity index is 549. The molecule has 19 heavy (non-hydrogen) atoms. The molecule has 1 N–H and O–H groups in total. The number of nitrogens with zero attached hydrogens (tertiary/aromatic N) is 2. The number of hydrogen-bond donors (Lipinski definition) is 1. The smallest absolute Gasteiger partial charge is 0.307 e. The van der Waals surface area contributed by atoms with Gasteiger partial charge in [0.15, 0.2) is 5.13 Å². The molecule has 0 aliphatic rings. The van der Waals surface area contributed by atoms with Gasteiger partial charge in [0.25, 0.3) is 0 Å². The van der Waals surface area contributed by atoms with E-state index in [1.54, 1.807) is 17.5 Å². The molecule has 2 rings (SSSR count). The van der Waals surface area contributed by atoms with E-state index in [0.717, 1.165) is 16.4 Å². The molecule has 0 fully saturated rings. The lowest BCUT2D eigenvalue weighted by atomic mass is 10.1. The molecule has 0 saturated heterocycles. The van der Waals surface area contributed by atoms with Crippen LogP contribution in [0, 0.1) is 0 Å². The monoisotopic (exact) mass is 274 g/mol. The minimum Gasteiger partial charge on any atom is -0.481 e. The van der Waals surface area contributed by atoms with Crippen molar-refractivity contribution < 1.29 is 9.90 Å². The quantitative estimate of drug-likeness (QED) is 0.822. The van der Waals surface area contributed by atoms with Crippen LogP contribution in [0.3, 0.4) is 0 Å². The molecule has 2 aromatic rings. The molecule has 0 unspecified atom stereocenters. The van der Waals surface area contributed by atoms with E-state index in [4.69, 9.17) is 5.11 Å². The van der Waals surface area contributed by atoms with E-state index in [0.29, 0.717) is 6.54 Å². The zero-order valence-electron chi connectivity index (χ0n) is 10.3. The van der Waals surface area contributed by atoms with Gasteiger partial charge in [0.1, 0.15) is 0 Å². The third-order valence-electron chi connectivity index (χ3n) is 2.57. The van der Waals surface area contributed by atoms with Gasteiger partial charge in [-0.2, -0.15) is 0 Å². The number of aliphatic carboxylic acids is 1. The molecule has 4 nitrogen and oxygen atoms in total. The minimum absolute atomic E-state index is 0.0407. The van der Waals surface area contributed by atoms with Gasteiger partial charge >= 0.3 is 5.97 Å². The van der Waals surface area contributed by atoms with Gasteiger partial charge in [-0.05, 0) is 17.7 Å². The third kappa shape index (κ3) is 3.42. The second-order valence-electron chi connectivity index (χ2n) is 3.95. The first-order valence-corrected chi connectivity index (χ1v) is 6.67. The van der Waals surface area contributed by atoms with Crippen LogP contribution in [0.15, 0.2) is 48.5 Å². The second-order valence-corrected chi connectivity index (χ2v) is 4.82. The first kappa shape index (κ1) is 13.3. The van der Waals surface area contributed by atoms with Gasteiger partial charge in [-0.3, -0.25) is 4.79 Å². The van der Waals surface area contributed by atoms with Gasteiger partial charge in [-0.1, -0.05) is 18.2 Å². The normalized spacial score (nSPS) is 10.1. The maximum atomic E-state index is 10.6. The maximum absolute atomic E-state index is 10.6. The van der Waals surface area contributed by atoms with Crippen molar-refractivity contribution in [3.05, 3.63) is 54.1 Å². The summed E-state index contributed by atoms with van der Waals surface area (Å²) < 4.78 is 0. The molecular formula is C14H14N2O2S. The summed E-state index contributed by atoms with van der Waals surface area (Å²) in [5.41, 5.74) is 1.76. The summed E-state index contributed by atoms with van der Waals surface area (Å²) >= 11 is 1.55. The van der Waals surface area contributed by atoms with Crippen LogP contribution in [-0.4, -0.2) is 22.6 Å². The number of rotatable bonds is 6. The number of carbonyl (C=O) groups is 1. The van der Waals surface area contributed by atoms with Gasteiger partial charge in [0.05, 0.1) is 6.42 Å². The predicted octanol–water partition coefficient (Wildman–Crippen LogP) is 3.09. The fourth-order valence-electron chi connectivity index (χ4n) is 1.74. The number of hydrogen-bond acceptors (Lipinski definition) is 4. The van der Waals surface area contributed by atoms with Crippen LogP contribution < -0.4 is 4.90 Å². The van der Waals surface area contributed by atoms with Crippen molar-refractivity contribution in [1.82, 2.24) is 4.98 Å². The highest BCUT2D eigenvalue weighted by Crippen LogP contribution is 2.27. The SMILES string of the molecule is C=CCN(c1ccc(CC(=O)O)cc1)c1nccs1. The van der Waals surface area contributed by atoms with Gasteiger partial charge in [0, 0.05) is 23.8 Å². The molecule has 0 aliphatic heterocycles. The van der Waals surface area contributed by atoms with Crippen molar-refractivity contribution in [2.75, 3.05) is 11.4 Å². The second kappa shape index (κ2) is 6.15. The first-order chi connectivity index (χ1) is 9.20. The zero-order valence-corrected chi connectivity index (χ0v) is 11.1. The number of anilines is 2. The van der Waals surface area contributed by atoms with E-state index in [2.05, 4.69) is 11.6 Å². The van der Waals surface area contributed by atoms with E-state index >= 15 is 0 Å². The molecular weight excluding hydrogens is 260 g/mol. The maximum Gasteiger partial charge on any atom is 0.307 e. The molecule has 1 heterocycles. The summed E-state index contributed by atoms with van der Waals surface area (Å²) in [6.45, 7) is 4.41. The largest absolute Gasteiger partial charge is 0.481 e. The molecule has 1 aromatic carbocycles. The Hall–Kier alpha value is -2.14. The molecule has 98 valence electrons. The molecule has 0 bridgehead atoms. The summed E-state index contributed by atoms with van der Waals surface area (Å²) in [5, 5.41) is 11.6. The Morgan fingerprint density at radius 3 is 2.68 bits per heavy atom. The summed E-state index contributed by atoms with van der Waals surface area (Å²) in [6, 6.07) is 7.46. The summed E-state index contributed by atoms with van der Waals surface area (Å²) in [7, 11) is 0. The molecule has 0 aliphatic carbocycles. The lowest BCUT2D eigenvalue weighted by molar-refractivity contribution is -0.136. The highest BCUT2D eigenvalue weighted by Gasteiger charge is 2.10. The van der Waals surface area contributed by atoms with Crippen molar-refractivity contribution in [2.24, 2.45) is 0 Å². The lowest BCUT2D eigenvalue weighted by Gasteiger charge is -2.20. The van der Waals surface area contributed by atoms with Gasteiger partial charge in [0.2, 0.25) is 0 Å². The van der Waals surface area contributed by atoms with Crippen LogP contribution >= 0.6 is 11.3 Å². The molecule has 0 radical (unpaired) electrons. The Labute approximate surface area is 115 Å². The van der Waals surface area contributed by atoms with E-state index in [9.17, 15) is 4.79 Å². The highest BCUT2D eigenvalue weighted by molar-refractivity contribution is 7.13. The standard InChI is InChI=1S/C14H14N2O2S/c1-2-8-16(14-15-7-9-19-14)12-5-3-11(4-6-12)10-13(17)18/h2-7,9H,1,8,10H2,(H,17,18). The zero-order chi connectivity index (χ0) is 13.7. The summed E-state index contributed by atoms with van der Waals surface area (Å²) in [4.78, 5) is 17.0. The molecule has 0 spiro atoms. The van der Waals surface area contributed by atoms with Crippen LogP contribution in [0.5, 0.6) is 0 Å². The van der Waals surface area contributed by atoms with Crippen LogP contribution in [0.4, 0.5) is 10.8 Å². The highest BCUT2D eigenvalue weighted by atomic mass is 32.1.